The number of nitrogens with two attached hydrogens (primary N) is 1. The Labute approximate surface area is 102 Å². The van der Waals surface area contributed by atoms with E-state index in [4.69, 9.17) is 5.73 Å². The molecule has 0 aliphatic rings. The summed E-state index contributed by atoms with van der Waals surface area (Å²) in [6.07, 6.45) is 3.89. The number of imidazole rings is 1. The molecule has 0 bridgehead atoms. The molecule has 0 saturated carbocycles. The number of hydrogen-bond acceptors (Lipinski definition) is 3. The van der Waals surface area contributed by atoms with Crippen molar-refractivity contribution in [3.8, 4) is 0 Å². The van der Waals surface area contributed by atoms with Gasteiger partial charge in [-0.1, -0.05) is 0 Å². The summed E-state index contributed by atoms with van der Waals surface area (Å²) in [7, 11) is 0. The van der Waals surface area contributed by atoms with Crippen LogP contribution in [0.2, 0.25) is 0 Å². The molecule has 0 radical (unpaired) electrons. The van der Waals surface area contributed by atoms with Gasteiger partial charge in [0.15, 0.2) is 0 Å². The Kier molecular flexibility index (Phi) is 4.28. The first kappa shape index (κ1) is 13.7. The lowest BCUT2D eigenvalue weighted by atomic mass is 10.1. The Hall–Kier alpha value is -1.36. The van der Waals surface area contributed by atoms with Gasteiger partial charge in [-0.15, -0.1) is 0 Å². The Morgan fingerprint density at radius 1 is 1.59 bits per heavy atom. The van der Waals surface area contributed by atoms with E-state index in [1.165, 1.54) is 0 Å². The SMILES string of the molecule is C[C@H](N)c1cncn1CCC(=O)NC(C)(C)C. The monoisotopic (exact) mass is 238 g/mol. The van der Waals surface area contributed by atoms with Crippen LogP contribution in [0.4, 0.5) is 0 Å². The Bertz CT molecular complexity index is 376. The molecule has 0 saturated heterocycles. The summed E-state index contributed by atoms with van der Waals surface area (Å²) >= 11 is 0. The maximum atomic E-state index is 11.7. The second-order valence-corrected chi connectivity index (χ2v) is 5.35. The molecule has 17 heavy (non-hydrogen) atoms. The molecule has 0 spiro atoms. The number of carbonyl (C=O) groups is 1. The normalized spacial score (nSPS) is 13.5. The van der Waals surface area contributed by atoms with Crippen molar-refractivity contribution in [3.05, 3.63) is 18.2 Å². The molecule has 1 rings (SSSR count). The zero-order valence-electron chi connectivity index (χ0n) is 11.0. The van der Waals surface area contributed by atoms with Gasteiger partial charge < -0.3 is 15.6 Å². The van der Waals surface area contributed by atoms with Crippen LogP contribution >= 0.6 is 0 Å². The van der Waals surface area contributed by atoms with Crippen molar-refractivity contribution >= 4 is 5.91 Å². The molecule has 1 atom stereocenters. The van der Waals surface area contributed by atoms with E-state index in [0.29, 0.717) is 13.0 Å². The molecular formula is C12H22N4O. The van der Waals surface area contributed by atoms with E-state index in [0.717, 1.165) is 5.69 Å². The number of rotatable bonds is 4. The van der Waals surface area contributed by atoms with Gasteiger partial charge >= 0.3 is 0 Å². The van der Waals surface area contributed by atoms with E-state index >= 15 is 0 Å². The largest absolute Gasteiger partial charge is 0.351 e. The maximum absolute atomic E-state index is 11.7. The van der Waals surface area contributed by atoms with Crippen LogP contribution in [-0.2, 0) is 11.3 Å². The van der Waals surface area contributed by atoms with E-state index in [9.17, 15) is 4.79 Å². The van der Waals surface area contributed by atoms with Gasteiger partial charge in [0.05, 0.1) is 12.0 Å². The second-order valence-electron chi connectivity index (χ2n) is 5.35. The van der Waals surface area contributed by atoms with Crippen LogP contribution in [-0.4, -0.2) is 21.0 Å². The average molecular weight is 238 g/mol. The van der Waals surface area contributed by atoms with E-state index in [2.05, 4.69) is 10.3 Å². The fourth-order valence-electron chi connectivity index (χ4n) is 1.60. The highest BCUT2D eigenvalue weighted by Crippen LogP contribution is 2.09. The first-order chi connectivity index (χ1) is 7.79. The van der Waals surface area contributed by atoms with Gasteiger partial charge in [-0.2, -0.15) is 0 Å². The third kappa shape index (κ3) is 4.56. The molecule has 5 nitrogen and oxygen atoms in total. The van der Waals surface area contributed by atoms with Gasteiger partial charge in [-0.05, 0) is 27.7 Å². The van der Waals surface area contributed by atoms with Gasteiger partial charge in [-0.25, -0.2) is 4.98 Å². The summed E-state index contributed by atoms with van der Waals surface area (Å²) in [6, 6.07) is -0.0665. The lowest BCUT2D eigenvalue weighted by Crippen LogP contribution is -2.40. The number of aryl methyl sites for hydroxylation is 1. The summed E-state index contributed by atoms with van der Waals surface area (Å²) in [6.45, 7) is 8.42. The molecule has 3 N–H and O–H groups in total. The first-order valence-corrected chi connectivity index (χ1v) is 5.86. The highest BCUT2D eigenvalue weighted by Gasteiger charge is 2.14. The quantitative estimate of drug-likeness (QED) is 0.828. The highest BCUT2D eigenvalue weighted by atomic mass is 16.1. The molecule has 0 fully saturated rings. The summed E-state index contributed by atoms with van der Waals surface area (Å²) in [5, 5.41) is 2.93. The van der Waals surface area contributed by atoms with Gasteiger partial charge in [0.2, 0.25) is 5.91 Å². The van der Waals surface area contributed by atoms with Gasteiger partial charge in [-0.3, -0.25) is 4.79 Å². The van der Waals surface area contributed by atoms with Crippen molar-refractivity contribution < 1.29 is 4.79 Å². The molecular weight excluding hydrogens is 216 g/mol. The number of aromatic nitrogens is 2. The van der Waals surface area contributed by atoms with Crippen LogP contribution in [0.1, 0.15) is 45.9 Å². The molecule has 1 aromatic rings. The van der Waals surface area contributed by atoms with Crippen LogP contribution in [0, 0.1) is 0 Å². The molecule has 5 heteroatoms. The number of carbonyl (C=O) groups excluding carboxylic acids is 1. The Balaban J connectivity index is 2.50. The zero-order chi connectivity index (χ0) is 13.1. The van der Waals surface area contributed by atoms with Gasteiger partial charge in [0.1, 0.15) is 0 Å². The predicted octanol–water partition coefficient (Wildman–Crippen LogP) is 1.21. The van der Waals surface area contributed by atoms with Gasteiger partial charge in [0.25, 0.3) is 0 Å². The standard InChI is InChI=1S/C12H22N4O/c1-9(13)10-7-14-8-16(10)6-5-11(17)15-12(2,3)4/h7-9H,5-6,13H2,1-4H3,(H,15,17)/t9-/m0/s1. The number of nitrogens with one attached hydrogen (secondary N) is 1. The molecule has 0 aliphatic carbocycles. The average Bonchev–Trinajstić information content (AvgIpc) is 2.59. The van der Waals surface area contributed by atoms with Crippen LogP contribution < -0.4 is 11.1 Å². The molecule has 1 aromatic heterocycles. The molecule has 1 amide bonds. The Morgan fingerprint density at radius 2 is 2.24 bits per heavy atom. The molecule has 96 valence electrons. The van der Waals surface area contributed by atoms with Crippen molar-refractivity contribution in [2.24, 2.45) is 5.73 Å². The molecule has 0 aromatic carbocycles. The maximum Gasteiger partial charge on any atom is 0.222 e. The number of hydrogen-bond donors (Lipinski definition) is 2. The van der Waals surface area contributed by atoms with Gasteiger partial charge in [0, 0.05) is 30.7 Å². The van der Waals surface area contributed by atoms with Crippen molar-refractivity contribution in [2.45, 2.75) is 52.2 Å². The van der Waals surface area contributed by atoms with Crippen LogP contribution in [0.3, 0.4) is 0 Å². The zero-order valence-corrected chi connectivity index (χ0v) is 11.0. The number of nitrogens with zero attached hydrogens (tertiary/aromatic N) is 2. The van der Waals surface area contributed by atoms with E-state index in [-0.39, 0.29) is 17.5 Å². The van der Waals surface area contributed by atoms with E-state index < -0.39 is 0 Å². The van der Waals surface area contributed by atoms with Crippen LogP contribution in [0.25, 0.3) is 0 Å². The third-order valence-corrected chi connectivity index (χ3v) is 2.31. The summed E-state index contributed by atoms with van der Waals surface area (Å²) in [5.74, 6) is 0.0434. The van der Waals surface area contributed by atoms with Crippen molar-refractivity contribution in [2.75, 3.05) is 0 Å². The summed E-state index contributed by atoms with van der Waals surface area (Å²) in [4.78, 5) is 15.7. The lowest BCUT2D eigenvalue weighted by molar-refractivity contribution is -0.122. The van der Waals surface area contributed by atoms with Crippen LogP contribution in [0.5, 0.6) is 0 Å². The predicted molar refractivity (Wildman–Crippen MR) is 67.3 cm³/mol. The van der Waals surface area contributed by atoms with Crippen LogP contribution in [0.15, 0.2) is 12.5 Å². The van der Waals surface area contributed by atoms with Crippen molar-refractivity contribution in [1.82, 2.24) is 14.9 Å². The van der Waals surface area contributed by atoms with Crippen molar-refractivity contribution in [1.29, 1.82) is 0 Å². The van der Waals surface area contributed by atoms with E-state index in [1.54, 1.807) is 12.5 Å². The summed E-state index contributed by atoms with van der Waals surface area (Å²) < 4.78 is 1.92. The first-order valence-electron chi connectivity index (χ1n) is 5.86. The molecule has 0 unspecified atom stereocenters. The van der Waals surface area contributed by atoms with E-state index in [1.807, 2.05) is 32.3 Å². The second kappa shape index (κ2) is 5.31. The third-order valence-electron chi connectivity index (χ3n) is 2.31. The molecule has 0 aliphatic heterocycles. The minimum absolute atomic E-state index is 0.0434. The minimum Gasteiger partial charge on any atom is -0.351 e. The topological polar surface area (TPSA) is 72.9 Å². The van der Waals surface area contributed by atoms with Crippen molar-refractivity contribution in [3.63, 3.8) is 0 Å². The lowest BCUT2D eigenvalue weighted by Gasteiger charge is -2.20. The fraction of sp³-hybridized carbons (Fsp3) is 0.667. The Morgan fingerprint density at radius 3 is 2.76 bits per heavy atom. The fourth-order valence-corrected chi connectivity index (χ4v) is 1.60. The smallest absolute Gasteiger partial charge is 0.222 e. The molecule has 1 heterocycles. The summed E-state index contributed by atoms with van der Waals surface area (Å²) in [5.41, 5.74) is 6.57. The highest BCUT2D eigenvalue weighted by molar-refractivity contribution is 5.76. The number of amides is 1. The minimum atomic E-state index is -0.185.